The van der Waals surface area contributed by atoms with E-state index in [0.29, 0.717) is 24.5 Å². The maximum absolute atomic E-state index is 13.8. The molecule has 0 radical (unpaired) electrons. The molecule has 5 heteroatoms. The van der Waals surface area contributed by atoms with Gasteiger partial charge < -0.3 is 14.8 Å². The van der Waals surface area contributed by atoms with Crippen molar-refractivity contribution in [1.29, 1.82) is 0 Å². The van der Waals surface area contributed by atoms with Crippen LogP contribution in [0.4, 0.5) is 5.69 Å². The van der Waals surface area contributed by atoms with Crippen molar-refractivity contribution in [2.45, 2.75) is 39.3 Å². The van der Waals surface area contributed by atoms with Gasteiger partial charge in [0.2, 0.25) is 0 Å². The largest absolute Gasteiger partial charge is 0.493 e. The number of fused-ring (bicyclic) bond motifs is 4. The molecule has 4 aromatic carbocycles. The van der Waals surface area contributed by atoms with Crippen LogP contribution in [0.3, 0.4) is 0 Å². The molecule has 4 nitrogen and oxygen atoms in total. The highest BCUT2D eigenvalue weighted by Crippen LogP contribution is 2.53. The van der Waals surface area contributed by atoms with Crippen molar-refractivity contribution in [2.75, 3.05) is 12.4 Å². The van der Waals surface area contributed by atoms with E-state index >= 15 is 0 Å². The van der Waals surface area contributed by atoms with Gasteiger partial charge in [-0.15, -0.1) is 0 Å². The molecule has 1 aliphatic heterocycles. The summed E-state index contributed by atoms with van der Waals surface area (Å²) >= 11 is 3.73. The third-order valence-corrected chi connectivity index (χ3v) is 8.14. The van der Waals surface area contributed by atoms with Crippen molar-refractivity contribution in [3.63, 3.8) is 0 Å². The van der Waals surface area contributed by atoms with Crippen LogP contribution in [-0.2, 0) is 11.4 Å². The van der Waals surface area contributed by atoms with E-state index in [-0.39, 0.29) is 17.2 Å². The Morgan fingerprint density at radius 2 is 1.74 bits per heavy atom. The molecule has 2 aliphatic rings. The molecule has 0 saturated heterocycles. The normalized spacial score (nSPS) is 18.0. The number of carbonyl (C=O) groups excluding carboxylic acids is 1. The van der Waals surface area contributed by atoms with E-state index in [4.69, 9.17) is 9.47 Å². The van der Waals surface area contributed by atoms with Crippen LogP contribution in [0.1, 0.15) is 49.4 Å². The number of ether oxygens (including phenoxy) is 2. The van der Waals surface area contributed by atoms with Crippen molar-refractivity contribution in [3.05, 3.63) is 106 Å². The van der Waals surface area contributed by atoms with Crippen LogP contribution >= 0.6 is 15.9 Å². The summed E-state index contributed by atoms with van der Waals surface area (Å²) in [5, 5.41) is 6.08. The minimum atomic E-state index is -0.282. The molecule has 1 aliphatic carbocycles. The van der Waals surface area contributed by atoms with Crippen molar-refractivity contribution in [3.8, 4) is 11.5 Å². The molecule has 6 rings (SSSR count). The number of hydrogen-bond acceptors (Lipinski definition) is 4. The quantitative estimate of drug-likeness (QED) is 0.262. The van der Waals surface area contributed by atoms with Gasteiger partial charge in [-0.3, -0.25) is 4.79 Å². The molecule has 0 spiro atoms. The maximum Gasteiger partial charge on any atom is 0.175 e. The first kappa shape index (κ1) is 24.7. The number of nitrogens with one attached hydrogen (secondary N) is 1. The van der Waals surface area contributed by atoms with Crippen LogP contribution in [0.15, 0.2) is 88.9 Å². The Hall–Kier alpha value is -3.57. The number of ketones is 1. The lowest BCUT2D eigenvalue weighted by Gasteiger charge is -2.40. The zero-order chi connectivity index (χ0) is 26.4. The minimum absolute atomic E-state index is 0.0978. The Kier molecular flexibility index (Phi) is 6.27. The van der Waals surface area contributed by atoms with Gasteiger partial charge in [-0.1, -0.05) is 74.5 Å². The summed E-state index contributed by atoms with van der Waals surface area (Å²) in [5.41, 5.74) is 6.16. The van der Waals surface area contributed by atoms with E-state index in [0.717, 1.165) is 44.4 Å². The number of methoxy groups -OCH3 is 1. The first-order valence-corrected chi connectivity index (χ1v) is 13.7. The van der Waals surface area contributed by atoms with Crippen LogP contribution < -0.4 is 14.8 Å². The van der Waals surface area contributed by atoms with Crippen molar-refractivity contribution in [1.82, 2.24) is 0 Å². The van der Waals surface area contributed by atoms with Crippen molar-refractivity contribution >= 4 is 43.7 Å². The zero-order valence-electron chi connectivity index (χ0n) is 21.8. The second-order valence-electron chi connectivity index (χ2n) is 10.9. The van der Waals surface area contributed by atoms with Crippen molar-refractivity contribution < 1.29 is 14.3 Å². The van der Waals surface area contributed by atoms with Gasteiger partial charge in [0.05, 0.1) is 17.6 Å². The molecule has 1 atom stereocenters. The highest BCUT2D eigenvalue weighted by molar-refractivity contribution is 9.10. The lowest BCUT2D eigenvalue weighted by atomic mass is 9.68. The van der Waals surface area contributed by atoms with Crippen LogP contribution in [-0.4, -0.2) is 12.9 Å². The lowest BCUT2D eigenvalue weighted by molar-refractivity contribution is -0.118. The topological polar surface area (TPSA) is 47.6 Å². The van der Waals surface area contributed by atoms with Gasteiger partial charge >= 0.3 is 0 Å². The van der Waals surface area contributed by atoms with Gasteiger partial charge in [0.15, 0.2) is 17.3 Å². The van der Waals surface area contributed by atoms with E-state index in [9.17, 15) is 4.79 Å². The van der Waals surface area contributed by atoms with Gasteiger partial charge in [-0.2, -0.15) is 0 Å². The Morgan fingerprint density at radius 1 is 0.974 bits per heavy atom. The zero-order valence-corrected chi connectivity index (χ0v) is 23.4. The number of halogens is 1. The molecule has 0 amide bonds. The van der Waals surface area contributed by atoms with Crippen LogP contribution in [0.5, 0.6) is 11.5 Å². The second kappa shape index (κ2) is 9.63. The lowest BCUT2D eigenvalue weighted by Crippen LogP contribution is -2.33. The molecular weight excluding hydrogens is 538 g/mol. The first-order chi connectivity index (χ1) is 18.3. The number of hydrogen-bond donors (Lipinski definition) is 1. The molecule has 0 aromatic heterocycles. The van der Waals surface area contributed by atoms with E-state index in [2.05, 4.69) is 71.5 Å². The fourth-order valence-corrected chi connectivity index (χ4v) is 6.44. The first-order valence-electron chi connectivity index (χ1n) is 12.9. The molecule has 38 heavy (non-hydrogen) atoms. The summed E-state index contributed by atoms with van der Waals surface area (Å²) < 4.78 is 12.8. The summed E-state index contributed by atoms with van der Waals surface area (Å²) in [6, 6.07) is 26.5. The fraction of sp³-hybridized carbons (Fsp3) is 0.242. The fourth-order valence-electron chi connectivity index (χ4n) is 5.86. The summed E-state index contributed by atoms with van der Waals surface area (Å²) in [6.07, 6.45) is 1.38. The molecular formula is C33H30BrNO3. The second-order valence-corrected chi connectivity index (χ2v) is 11.8. The third-order valence-electron chi connectivity index (χ3n) is 7.55. The number of allylic oxidation sites excluding steroid dienone is 1. The molecule has 0 bridgehead atoms. The van der Waals surface area contributed by atoms with Gasteiger partial charge in [0.1, 0.15) is 6.61 Å². The monoisotopic (exact) mass is 567 g/mol. The Balaban J connectivity index is 1.46. The van der Waals surface area contributed by atoms with Crippen LogP contribution in [0.2, 0.25) is 0 Å². The van der Waals surface area contributed by atoms with Gasteiger partial charge in [-0.05, 0) is 73.4 Å². The number of rotatable bonds is 5. The Bertz CT molecular complexity index is 1590. The van der Waals surface area contributed by atoms with Gasteiger partial charge in [0, 0.05) is 23.2 Å². The Morgan fingerprint density at radius 3 is 2.53 bits per heavy atom. The smallest absolute Gasteiger partial charge is 0.175 e. The average Bonchev–Trinajstić information content (AvgIpc) is 2.91. The summed E-state index contributed by atoms with van der Waals surface area (Å²) in [5.74, 6) is 1.47. The molecule has 0 saturated carbocycles. The predicted molar refractivity (Wildman–Crippen MR) is 157 cm³/mol. The van der Waals surface area contributed by atoms with E-state index in [1.807, 2.05) is 42.5 Å². The molecule has 0 fully saturated rings. The van der Waals surface area contributed by atoms with Crippen LogP contribution in [0.25, 0.3) is 16.3 Å². The van der Waals surface area contributed by atoms with E-state index in [1.54, 1.807) is 7.11 Å². The highest BCUT2D eigenvalue weighted by Gasteiger charge is 2.41. The summed E-state index contributed by atoms with van der Waals surface area (Å²) in [6.45, 7) is 4.81. The molecule has 1 heterocycles. The summed E-state index contributed by atoms with van der Waals surface area (Å²) in [4.78, 5) is 13.8. The van der Waals surface area contributed by atoms with Gasteiger partial charge in [-0.25, -0.2) is 0 Å². The van der Waals surface area contributed by atoms with E-state index in [1.165, 1.54) is 10.8 Å². The van der Waals surface area contributed by atoms with Crippen LogP contribution in [0, 0.1) is 5.41 Å². The number of carbonyl (C=O) groups is 1. The maximum atomic E-state index is 13.8. The molecule has 4 aromatic rings. The number of anilines is 1. The summed E-state index contributed by atoms with van der Waals surface area (Å²) in [7, 11) is 1.65. The average molecular weight is 569 g/mol. The number of benzene rings is 4. The number of Topliss-reactive ketones (excluding diaryl/α,β-unsaturated/α-hetero) is 1. The van der Waals surface area contributed by atoms with Gasteiger partial charge in [0.25, 0.3) is 0 Å². The minimum Gasteiger partial charge on any atom is -0.493 e. The molecule has 0 unspecified atom stereocenters. The standard InChI is InChI=1S/C33H30BrNO3/c1-33(2)17-24-29-23-12-8-7-11-21(23)13-14-26(29)35-31(30(24)27(36)18-33)22-15-25(34)32(28(16-22)37-3)38-19-20-9-5-4-6-10-20/h4-16,31,35H,17-19H2,1-3H3/t31-/m0/s1. The SMILES string of the molecule is COc1cc([C@@H]2Nc3ccc4ccccc4c3C3=C2C(=O)CC(C)(C)C3)cc(Br)c1OCc1ccccc1. The van der Waals surface area contributed by atoms with Crippen molar-refractivity contribution in [2.24, 2.45) is 5.41 Å². The van der Waals surface area contributed by atoms with E-state index < -0.39 is 0 Å². The third kappa shape index (κ3) is 4.39. The molecule has 1 N–H and O–H groups in total. The highest BCUT2D eigenvalue weighted by atomic mass is 79.9. The molecule has 192 valence electrons. The Labute approximate surface area is 231 Å². The predicted octanol–water partition coefficient (Wildman–Crippen LogP) is 8.50.